The molecule has 2 atom stereocenters. The molecule has 104 valence electrons. The Labute approximate surface area is 108 Å². The standard InChI is InChI=1S/C13H24N2O3/c1-13(2)9-14-6-10(12(16)17)7-15(13)8-11-4-3-5-18-11/h10-11,14H,3-9H2,1-2H3,(H,16,17). The van der Waals surface area contributed by atoms with Crippen LogP contribution in [0.5, 0.6) is 0 Å². The van der Waals surface area contributed by atoms with Crippen LogP contribution in [-0.2, 0) is 9.53 Å². The van der Waals surface area contributed by atoms with Gasteiger partial charge in [0.2, 0.25) is 0 Å². The summed E-state index contributed by atoms with van der Waals surface area (Å²) in [4.78, 5) is 13.5. The minimum Gasteiger partial charge on any atom is -0.481 e. The van der Waals surface area contributed by atoms with Crippen molar-refractivity contribution in [1.82, 2.24) is 10.2 Å². The van der Waals surface area contributed by atoms with Crippen molar-refractivity contribution in [2.24, 2.45) is 5.92 Å². The molecule has 5 nitrogen and oxygen atoms in total. The topological polar surface area (TPSA) is 61.8 Å². The zero-order valence-corrected chi connectivity index (χ0v) is 11.3. The lowest BCUT2D eigenvalue weighted by Crippen LogP contribution is -2.51. The number of nitrogens with zero attached hydrogens (tertiary/aromatic N) is 1. The van der Waals surface area contributed by atoms with Gasteiger partial charge in [0.25, 0.3) is 0 Å². The van der Waals surface area contributed by atoms with Gasteiger partial charge < -0.3 is 15.2 Å². The minimum absolute atomic E-state index is 0.0177. The number of rotatable bonds is 3. The number of hydrogen-bond donors (Lipinski definition) is 2. The summed E-state index contributed by atoms with van der Waals surface area (Å²) in [5.74, 6) is -1.04. The van der Waals surface area contributed by atoms with E-state index in [-0.39, 0.29) is 17.6 Å². The van der Waals surface area contributed by atoms with Gasteiger partial charge in [0.15, 0.2) is 0 Å². The van der Waals surface area contributed by atoms with Crippen molar-refractivity contribution in [1.29, 1.82) is 0 Å². The molecule has 0 aromatic rings. The van der Waals surface area contributed by atoms with Crippen molar-refractivity contribution in [2.45, 2.75) is 38.3 Å². The van der Waals surface area contributed by atoms with Gasteiger partial charge in [-0.2, -0.15) is 0 Å². The third-order valence-corrected chi connectivity index (χ3v) is 4.04. The Balaban J connectivity index is 2.03. The molecule has 2 aliphatic heterocycles. The Morgan fingerprint density at radius 2 is 2.33 bits per heavy atom. The molecule has 0 aromatic carbocycles. The van der Waals surface area contributed by atoms with Gasteiger partial charge >= 0.3 is 5.97 Å². The molecule has 0 bridgehead atoms. The summed E-state index contributed by atoms with van der Waals surface area (Å²) < 4.78 is 5.68. The zero-order chi connectivity index (χ0) is 13.2. The molecule has 2 aliphatic rings. The molecular weight excluding hydrogens is 232 g/mol. The van der Waals surface area contributed by atoms with Crippen LogP contribution >= 0.6 is 0 Å². The van der Waals surface area contributed by atoms with Gasteiger partial charge in [-0.1, -0.05) is 0 Å². The van der Waals surface area contributed by atoms with E-state index in [1.54, 1.807) is 0 Å². The maximum absolute atomic E-state index is 11.2. The van der Waals surface area contributed by atoms with Gasteiger partial charge in [0, 0.05) is 38.3 Å². The lowest BCUT2D eigenvalue weighted by molar-refractivity contribution is -0.142. The van der Waals surface area contributed by atoms with Crippen LogP contribution in [0.25, 0.3) is 0 Å². The molecule has 0 aromatic heterocycles. The molecule has 2 rings (SSSR count). The van der Waals surface area contributed by atoms with Crippen molar-refractivity contribution in [3.05, 3.63) is 0 Å². The lowest BCUT2D eigenvalue weighted by atomic mass is 10.0. The molecular formula is C13H24N2O3. The first-order chi connectivity index (χ1) is 8.49. The third kappa shape index (κ3) is 3.22. The summed E-state index contributed by atoms with van der Waals surface area (Å²) in [5, 5.41) is 12.5. The van der Waals surface area contributed by atoms with Gasteiger partial charge in [0.1, 0.15) is 0 Å². The molecule has 2 N–H and O–H groups in total. The van der Waals surface area contributed by atoms with Crippen molar-refractivity contribution in [2.75, 3.05) is 32.8 Å². The number of aliphatic carboxylic acids is 1. The van der Waals surface area contributed by atoms with Crippen LogP contribution in [0.4, 0.5) is 0 Å². The van der Waals surface area contributed by atoms with E-state index >= 15 is 0 Å². The number of nitrogens with one attached hydrogen (secondary N) is 1. The van der Waals surface area contributed by atoms with Crippen molar-refractivity contribution in [3.63, 3.8) is 0 Å². The fourth-order valence-electron chi connectivity index (χ4n) is 2.76. The van der Waals surface area contributed by atoms with Gasteiger partial charge in [0.05, 0.1) is 12.0 Å². The summed E-state index contributed by atoms with van der Waals surface area (Å²) in [7, 11) is 0. The van der Waals surface area contributed by atoms with Gasteiger partial charge in [-0.3, -0.25) is 9.69 Å². The minimum atomic E-state index is -0.711. The summed E-state index contributed by atoms with van der Waals surface area (Å²) >= 11 is 0. The van der Waals surface area contributed by atoms with E-state index in [9.17, 15) is 9.90 Å². The summed E-state index contributed by atoms with van der Waals surface area (Å²) in [6, 6.07) is 0. The van der Waals surface area contributed by atoms with E-state index in [2.05, 4.69) is 24.1 Å². The van der Waals surface area contributed by atoms with Crippen LogP contribution in [0.15, 0.2) is 0 Å². The Morgan fingerprint density at radius 3 is 2.94 bits per heavy atom. The highest BCUT2D eigenvalue weighted by Gasteiger charge is 2.36. The average Bonchev–Trinajstić information content (AvgIpc) is 2.73. The van der Waals surface area contributed by atoms with E-state index < -0.39 is 5.97 Å². The maximum Gasteiger partial charge on any atom is 0.309 e. The second kappa shape index (κ2) is 5.55. The lowest BCUT2D eigenvalue weighted by Gasteiger charge is -2.38. The van der Waals surface area contributed by atoms with Crippen LogP contribution < -0.4 is 5.32 Å². The largest absolute Gasteiger partial charge is 0.481 e. The van der Waals surface area contributed by atoms with E-state index in [0.717, 1.165) is 32.5 Å². The summed E-state index contributed by atoms with van der Waals surface area (Å²) in [5.41, 5.74) is -0.0177. The second-order valence-electron chi connectivity index (χ2n) is 6.02. The maximum atomic E-state index is 11.2. The Morgan fingerprint density at radius 1 is 1.56 bits per heavy atom. The van der Waals surface area contributed by atoms with Crippen molar-refractivity contribution in [3.8, 4) is 0 Å². The molecule has 0 radical (unpaired) electrons. The van der Waals surface area contributed by atoms with Crippen LogP contribution in [0.1, 0.15) is 26.7 Å². The average molecular weight is 256 g/mol. The molecule has 0 aliphatic carbocycles. The molecule has 2 heterocycles. The van der Waals surface area contributed by atoms with Gasteiger partial charge in [-0.15, -0.1) is 0 Å². The van der Waals surface area contributed by atoms with Crippen LogP contribution in [0, 0.1) is 5.92 Å². The molecule has 5 heteroatoms. The van der Waals surface area contributed by atoms with Crippen LogP contribution in [0.2, 0.25) is 0 Å². The fraction of sp³-hybridized carbons (Fsp3) is 0.923. The predicted octanol–water partition coefficient (Wildman–Crippen LogP) is 0.550. The first-order valence-electron chi connectivity index (χ1n) is 6.79. The first kappa shape index (κ1) is 13.8. The van der Waals surface area contributed by atoms with E-state index in [4.69, 9.17) is 4.74 Å². The fourth-order valence-corrected chi connectivity index (χ4v) is 2.76. The highest BCUT2D eigenvalue weighted by Crippen LogP contribution is 2.22. The second-order valence-corrected chi connectivity index (χ2v) is 6.02. The SMILES string of the molecule is CC1(C)CNCC(C(=O)O)CN1CC1CCCO1. The number of carbonyl (C=O) groups is 1. The summed E-state index contributed by atoms with van der Waals surface area (Å²) in [6.07, 6.45) is 2.49. The molecule has 0 spiro atoms. The van der Waals surface area contributed by atoms with E-state index in [1.165, 1.54) is 0 Å². The number of carboxylic acids is 1. The molecule has 0 saturated carbocycles. The smallest absolute Gasteiger partial charge is 0.309 e. The number of ether oxygens (including phenoxy) is 1. The molecule has 2 unspecified atom stereocenters. The quantitative estimate of drug-likeness (QED) is 0.772. The zero-order valence-electron chi connectivity index (χ0n) is 11.3. The Bertz CT molecular complexity index is 301. The van der Waals surface area contributed by atoms with Crippen molar-refractivity contribution >= 4 is 5.97 Å². The predicted molar refractivity (Wildman–Crippen MR) is 68.6 cm³/mol. The van der Waals surface area contributed by atoms with Gasteiger partial charge in [-0.25, -0.2) is 0 Å². The molecule has 18 heavy (non-hydrogen) atoms. The Hall–Kier alpha value is -0.650. The van der Waals surface area contributed by atoms with E-state index in [0.29, 0.717) is 13.1 Å². The highest BCUT2D eigenvalue weighted by atomic mass is 16.5. The third-order valence-electron chi connectivity index (χ3n) is 4.04. The van der Waals surface area contributed by atoms with Crippen molar-refractivity contribution < 1.29 is 14.6 Å². The Kier molecular flexibility index (Phi) is 4.25. The molecule has 2 fully saturated rings. The normalized spacial score (nSPS) is 33.2. The summed E-state index contributed by atoms with van der Waals surface area (Å²) in [6.45, 7) is 8.01. The number of carboxylic acid groups (broad SMARTS) is 1. The highest BCUT2D eigenvalue weighted by molar-refractivity contribution is 5.70. The molecule has 0 amide bonds. The van der Waals surface area contributed by atoms with E-state index in [1.807, 2.05) is 0 Å². The van der Waals surface area contributed by atoms with Crippen LogP contribution in [0.3, 0.4) is 0 Å². The first-order valence-corrected chi connectivity index (χ1v) is 6.79. The van der Waals surface area contributed by atoms with Gasteiger partial charge in [-0.05, 0) is 26.7 Å². The molecule has 2 saturated heterocycles. The monoisotopic (exact) mass is 256 g/mol. The number of hydrogen-bond acceptors (Lipinski definition) is 4. The van der Waals surface area contributed by atoms with Crippen LogP contribution in [-0.4, -0.2) is 60.4 Å².